The zero-order valence-corrected chi connectivity index (χ0v) is 12.5. The third-order valence-corrected chi connectivity index (χ3v) is 2.52. The summed E-state index contributed by atoms with van der Waals surface area (Å²) < 4.78 is 5.04. The van der Waals surface area contributed by atoms with Crippen LogP contribution in [0.25, 0.3) is 0 Å². The molecule has 2 N–H and O–H groups in total. The van der Waals surface area contributed by atoms with Gasteiger partial charge in [0.1, 0.15) is 0 Å². The molecular weight excluding hydrogens is 214 g/mol. The normalized spacial score (nSPS) is 16.6. The average molecular weight is 247 g/mol. The first-order valence-electron chi connectivity index (χ1n) is 7.00. The van der Waals surface area contributed by atoms with Crippen LogP contribution >= 0.6 is 0 Å². The molecule has 0 saturated carbocycles. The highest BCUT2D eigenvalue weighted by Crippen LogP contribution is 1.99. The quantitative estimate of drug-likeness (QED) is 0.794. The van der Waals surface area contributed by atoms with Gasteiger partial charge in [0.25, 0.3) is 0 Å². The molecule has 4 heteroatoms. The van der Waals surface area contributed by atoms with E-state index in [-0.39, 0.29) is 0 Å². The molecule has 106 valence electrons. The molecule has 0 radical (unpaired) electrons. The van der Waals surface area contributed by atoms with Gasteiger partial charge in [0.05, 0.1) is 6.61 Å². The van der Waals surface area contributed by atoms with Crippen LogP contribution in [0.4, 0.5) is 0 Å². The summed E-state index contributed by atoms with van der Waals surface area (Å²) in [4.78, 5) is 4.86. The summed E-state index contributed by atoms with van der Waals surface area (Å²) in [5.41, 5.74) is 5.50. The van der Waals surface area contributed by atoms with E-state index in [1.807, 2.05) is 27.7 Å². The average Bonchev–Trinajstić information content (AvgIpc) is 2.43. The molecule has 0 spiro atoms. The third kappa shape index (κ3) is 10.7. The van der Waals surface area contributed by atoms with E-state index in [2.05, 4.69) is 9.80 Å². The van der Waals surface area contributed by atoms with Crippen LogP contribution in [-0.2, 0) is 4.74 Å². The Morgan fingerprint density at radius 2 is 1.29 bits per heavy atom. The molecule has 0 bridgehead atoms. The predicted molar refractivity (Wildman–Crippen MR) is 76.5 cm³/mol. The zero-order valence-electron chi connectivity index (χ0n) is 12.5. The Labute approximate surface area is 108 Å². The van der Waals surface area contributed by atoms with E-state index in [0.29, 0.717) is 0 Å². The van der Waals surface area contributed by atoms with E-state index in [4.69, 9.17) is 10.5 Å². The molecule has 17 heavy (non-hydrogen) atoms. The maximum Gasteiger partial charge on any atom is 0.0589 e. The molecule has 1 fully saturated rings. The molecular formula is C13H33N3O. The summed E-state index contributed by atoms with van der Waals surface area (Å²) in [6.45, 7) is 16.3. The van der Waals surface area contributed by atoms with E-state index >= 15 is 0 Å². The molecule has 0 aromatic rings. The van der Waals surface area contributed by atoms with Crippen molar-refractivity contribution in [2.45, 2.75) is 27.7 Å². The fourth-order valence-corrected chi connectivity index (χ4v) is 1.64. The van der Waals surface area contributed by atoms with Crippen LogP contribution in [0.15, 0.2) is 0 Å². The maximum atomic E-state index is 5.50. The van der Waals surface area contributed by atoms with Crippen LogP contribution < -0.4 is 5.73 Å². The van der Waals surface area contributed by atoms with Crippen molar-refractivity contribution in [3.05, 3.63) is 0 Å². The minimum absolute atomic E-state index is 0.776. The summed E-state index contributed by atoms with van der Waals surface area (Å²) in [5.74, 6) is 0. The fourth-order valence-electron chi connectivity index (χ4n) is 1.64. The monoisotopic (exact) mass is 247 g/mol. The molecule has 1 aliphatic rings. The highest BCUT2D eigenvalue weighted by molar-refractivity contribution is 4.71. The number of piperazine rings is 1. The van der Waals surface area contributed by atoms with Crippen molar-refractivity contribution in [3.8, 4) is 0 Å². The molecule has 0 atom stereocenters. The van der Waals surface area contributed by atoms with Gasteiger partial charge in [-0.25, -0.2) is 0 Å². The molecule has 1 rings (SSSR count). The Kier molecular flexibility index (Phi) is 17.9. The van der Waals surface area contributed by atoms with E-state index in [1.54, 1.807) is 7.11 Å². The van der Waals surface area contributed by atoms with E-state index in [1.165, 1.54) is 0 Å². The second kappa shape index (κ2) is 15.8. The number of methoxy groups -OCH3 is 1. The van der Waals surface area contributed by atoms with Crippen LogP contribution in [0.3, 0.4) is 0 Å². The van der Waals surface area contributed by atoms with E-state index in [9.17, 15) is 0 Å². The second-order valence-corrected chi connectivity index (χ2v) is 3.46. The van der Waals surface area contributed by atoms with Crippen LogP contribution in [0.5, 0.6) is 0 Å². The zero-order chi connectivity index (χ0) is 13.5. The Bertz CT molecular complexity index is 126. The van der Waals surface area contributed by atoms with Crippen LogP contribution in [0.1, 0.15) is 27.7 Å². The molecule has 0 aliphatic carbocycles. The van der Waals surface area contributed by atoms with Crippen LogP contribution in [0, 0.1) is 0 Å². The summed E-state index contributed by atoms with van der Waals surface area (Å²) in [5, 5.41) is 0. The SMILES string of the molecule is CC.CC.COCCN1CCN(CCN)CC1. The molecule has 4 nitrogen and oxygen atoms in total. The first-order chi connectivity index (χ1) is 8.36. The highest BCUT2D eigenvalue weighted by Gasteiger charge is 2.14. The predicted octanol–water partition coefficient (Wildman–Crippen LogP) is 1.26. The van der Waals surface area contributed by atoms with E-state index in [0.717, 1.165) is 52.4 Å². The summed E-state index contributed by atoms with van der Waals surface area (Å²) in [6, 6.07) is 0. The van der Waals surface area contributed by atoms with Crippen molar-refractivity contribution in [1.29, 1.82) is 0 Å². The Morgan fingerprint density at radius 3 is 1.65 bits per heavy atom. The summed E-state index contributed by atoms with van der Waals surface area (Å²) in [6.07, 6.45) is 0. The lowest BCUT2D eigenvalue weighted by molar-refractivity contribution is 0.0984. The van der Waals surface area contributed by atoms with Gasteiger partial charge in [-0.2, -0.15) is 0 Å². The highest BCUT2D eigenvalue weighted by atomic mass is 16.5. The molecule has 1 heterocycles. The van der Waals surface area contributed by atoms with E-state index < -0.39 is 0 Å². The van der Waals surface area contributed by atoms with Crippen LogP contribution in [-0.4, -0.2) is 69.3 Å². The second-order valence-electron chi connectivity index (χ2n) is 3.46. The van der Waals surface area contributed by atoms with Gasteiger partial charge in [0.15, 0.2) is 0 Å². The molecule has 0 aromatic carbocycles. The first kappa shape index (κ1) is 19.2. The molecule has 0 amide bonds. The maximum absolute atomic E-state index is 5.50. The largest absolute Gasteiger partial charge is 0.383 e. The number of hydrogen-bond donors (Lipinski definition) is 1. The third-order valence-electron chi connectivity index (χ3n) is 2.52. The van der Waals surface area contributed by atoms with Gasteiger partial charge in [-0.05, 0) is 0 Å². The van der Waals surface area contributed by atoms with Crippen molar-refractivity contribution in [3.63, 3.8) is 0 Å². The fraction of sp³-hybridized carbons (Fsp3) is 1.00. The minimum atomic E-state index is 0.776. The Morgan fingerprint density at radius 1 is 0.882 bits per heavy atom. The lowest BCUT2D eigenvalue weighted by Gasteiger charge is -2.34. The van der Waals surface area contributed by atoms with Gasteiger partial charge in [-0.15, -0.1) is 0 Å². The molecule has 1 aliphatic heterocycles. The minimum Gasteiger partial charge on any atom is -0.383 e. The van der Waals surface area contributed by atoms with Gasteiger partial charge >= 0.3 is 0 Å². The standard InChI is InChI=1S/C9H21N3O.2C2H6/c1-13-9-8-12-6-4-11(3-2-10)5-7-12;2*1-2/h2-10H2,1H3;2*1-2H3. The van der Waals surface area contributed by atoms with Crippen molar-refractivity contribution in [2.24, 2.45) is 5.73 Å². The lowest BCUT2D eigenvalue weighted by atomic mass is 10.3. The molecule has 0 unspecified atom stereocenters. The number of hydrogen-bond acceptors (Lipinski definition) is 4. The van der Waals surface area contributed by atoms with Gasteiger partial charge < -0.3 is 10.5 Å². The first-order valence-corrected chi connectivity index (χ1v) is 7.00. The van der Waals surface area contributed by atoms with Crippen molar-refractivity contribution in [2.75, 3.05) is 59.5 Å². The van der Waals surface area contributed by atoms with Gasteiger partial charge in [0, 0.05) is 52.9 Å². The summed E-state index contributed by atoms with van der Waals surface area (Å²) >= 11 is 0. The Balaban J connectivity index is 0. The lowest BCUT2D eigenvalue weighted by Crippen LogP contribution is -2.48. The summed E-state index contributed by atoms with van der Waals surface area (Å²) in [7, 11) is 1.75. The molecule has 1 saturated heterocycles. The van der Waals surface area contributed by atoms with Crippen molar-refractivity contribution >= 4 is 0 Å². The number of rotatable bonds is 5. The van der Waals surface area contributed by atoms with Crippen LogP contribution in [0.2, 0.25) is 0 Å². The van der Waals surface area contributed by atoms with Crippen molar-refractivity contribution in [1.82, 2.24) is 9.80 Å². The Hall–Kier alpha value is -0.160. The van der Waals surface area contributed by atoms with Gasteiger partial charge in [-0.3, -0.25) is 9.80 Å². The number of nitrogens with zero attached hydrogens (tertiary/aromatic N) is 2. The topological polar surface area (TPSA) is 41.7 Å². The smallest absolute Gasteiger partial charge is 0.0589 e. The molecule has 0 aromatic heterocycles. The number of nitrogens with two attached hydrogens (primary N) is 1. The number of ether oxygens (including phenoxy) is 1. The van der Waals surface area contributed by atoms with Gasteiger partial charge in [0.2, 0.25) is 0 Å². The van der Waals surface area contributed by atoms with Gasteiger partial charge in [-0.1, -0.05) is 27.7 Å². The van der Waals surface area contributed by atoms with Crippen molar-refractivity contribution < 1.29 is 4.74 Å².